The van der Waals surface area contributed by atoms with Crippen LogP contribution in [0.3, 0.4) is 0 Å². The Morgan fingerprint density at radius 3 is 2.87 bits per heavy atom. The minimum absolute atomic E-state index is 0.292. The Balaban J connectivity index is 2.55. The summed E-state index contributed by atoms with van der Waals surface area (Å²) in [6.07, 6.45) is 2.11. The molecule has 0 fully saturated rings. The van der Waals surface area contributed by atoms with Gasteiger partial charge in [-0.05, 0) is 36.8 Å². The maximum Gasteiger partial charge on any atom is 0.168 e. The lowest BCUT2D eigenvalue weighted by Crippen LogP contribution is -2.18. The van der Waals surface area contributed by atoms with Gasteiger partial charge in [0, 0.05) is 24.3 Å². The van der Waals surface area contributed by atoms with Gasteiger partial charge >= 0.3 is 0 Å². The second-order valence-corrected chi connectivity index (χ2v) is 4.08. The molecule has 0 bridgehead atoms. The Hall–Kier alpha value is -1.55. The highest BCUT2D eigenvalue weighted by Gasteiger charge is 2.03. The standard InChI is InChI=1S/C11H13N3S/c1-7-6-14(2)10-5-8(13-11(12)15)3-4-9(7)10/h3-6H,1-2H3,(H3,12,13,15). The van der Waals surface area contributed by atoms with Gasteiger partial charge in [-0.3, -0.25) is 0 Å². The van der Waals surface area contributed by atoms with Gasteiger partial charge in [-0.1, -0.05) is 6.07 Å². The molecule has 0 spiro atoms. The highest BCUT2D eigenvalue weighted by atomic mass is 32.1. The van der Waals surface area contributed by atoms with Crippen molar-refractivity contribution in [3.8, 4) is 0 Å². The molecular formula is C11H13N3S. The summed E-state index contributed by atoms with van der Waals surface area (Å²) in [5.74, 6) is 0. The van der Waals surface area contributed by atoms with Crippen molar-refractivity contribution in [2.75, 3.05) is 5.32 Å². The number of nitrogens with two attached hydrogens (primary N) is 1. The molecule has 4 heteroatoms. The normalized spacial score (nSPS) is 10.5. The molecule has 3 N–H and O–H groups in total. The number of nitrogens with zero attached hydrogens (tertiary/aromatic N) is 1. The van der Waals surface area contributed by atoms with Crippen LogP contribution in [0.1, 0.15) is 5.56 Å². The Labute approximate surface area is 93.9 Å². The number of rotatable bonds is 1. The van der Waals surface area contributed by atoms with Crippen LogP contribution in [0.5, 0.6) is 0 Å². The van der Waals surface area contributed by atoms with Gasteiger partial charge in [-0.25, -0.2) is 0 Å². The van der Waals surface area contributed by atoms with Crippen molar-refractivity contribution in [1.82, 2.24) is 4.57 Å². The zero-order chi connectivity index (χ0) is 11.0. The fourth-order valence-electron chi connectivity index (χ4n) is 1.81. The Morgan fingerprint density at radius 1 is 1.47 bits per heavy atom. The van der Waals surface area contributed by atoms with Crippen LogP contribution in [0, 0.1) is 6.92 Å². The molecule has 1 aromatic heterocycles. The average molecular weight is 219 g/mol. The van der Waals surface area contributed by atoms with Crippen LogP contribution in [-0.2, 0) is 7.05 Å². The maximum atomic E-state index is 5.43. The first-order valence-electron chi connectivity index (χ1n) is 4.70. The molecule has 2 aromatic rings. The van der Waals surface area contributed by atoms with Crippen molar-refractivity contribution in [3.63, 3.8) is 0 Å². The van der Waals surface area contributed by atoms with Crippen LogP contribution in [0.15, 0.2) is 24.4 Å². The maximum absolute atomic E-state index is 5.43. The quantitative estimate of drug-likeness (QED) is 0.722. The first kappa shape index (κ1) is 9.98. The number of anilines is 1. The van der Waals surface area contributed by atoms with E-state index in [1.807, 2.05) is 19.2 Å². The summed E-state index contributed by atoms with van der Waals surface area (Å²) >= 11 is 4.80. The fraction of sp³-hybridized carbons (Fsp3) is 0.182. The molecule has 0 amide bonds. The van der Waals surface area contributed by atoms with E-state index in [1.165, 1.54) is 16.5 Å². The molecule has 2 rings (SSSR count). The predicted octanol–water partition coefficient (Wildman–Crippen LogP) is 2.14. The molecule has 1 aromatic carbocycles. The summed E-state index contributed by atoms with van der Waals surface area (Å²) in [6, 6.07) is 6.10. The van der Waals surface area contributed by atoms with Gasteiger partial charge in [0.2, 0.25) is 0 Å². The molecule has 0 aliphatic heterocycles. The minimum Gasteiger partial charge on any atom is -0.376 e. The van der Waals surface area contributed by atoms with Gasteiger partial charge < -0.3 is 15.6 Å². The number of aromatic nitrogens is 1. The number of hydrogen-bond donors (Lipinski definition) is 2. The van der Waals surface area contributed by atoms with E-state index in [9.17, 15) is 0 Å². The van der Waals surface area contributed by atoms with Crippen molar-refractivity contribution >= 4 is 33.9 Å². The van der Waals surface area contributed by atoms with E-state index < -0.39 is 0 Å². The lowest BCUT2D eigenvalue weighted by atomic mass is 10.2. The second kappa shape index (κ2) is 3.55. The molecule has 0 atom stereocenters. The molecule has 0 saturated carbocycles. The zero-order valence-corrected chi connectivity index (χ0v) is 9.56. The molecule has 15 heavy (non-hydrogen) atoms. The van der Waals surface area contributed by atoms with E-state index in [2.05, 4.69) is 29.1 Å². The van der Waals surface area contributed by atoms with Crippen LogP contribution in [0.25, 0.3) is 10.9 Å². The molecule has 0 unspecified atom stereocenters. The third-order valence-corrected chi connectivity index (χ3v) is 2.56. The monoisotopic (exact) mass is 219 g/mol. The van der Waals surface area contributed by atoms with E-state index >= 15 is 0 Å². The van der Waals surface area contributed by atoms with Gasteiger partial charge in [-0.15, -0.1) is 0 Å². The lowest BCUT2D eigenvalue weighted by molar-refractivity contribution is 0.964. The van der Waals surface area contributed by atoms with Crippen LogP contribution in [-0.4, -0.2) is 9.68 Å². The first-order valence-corrected chi connectivity index (χ1v) is 5.11. The van der Waals surface area contributed by atoms with Crippen molar-refractivity contribution in [2.24, 2.45) is 12.8 Å². The van der Waals surface area contributed by atoms with E-state index in [-0.39, 0.29) is 0 Å². The van der Waals surface area contributed by atoms with Crippen LogP contribution < -0.4 is 11.1 Å². The second-order valence-electron chi connectivity index (χ2n) is 3.64. The van der Waals surface area contributed by atoms with Crippen molar-refractivity contribution in [1.29, 1.82) is 0 Å². The van der Waals surface area contributed by atoms with E-state index in [0.29, 0.717) is 5.11 Å². The Morgan fingerprint density at radius 2 is 2.20 bits per heavy atom. The van der Waals surface area contributed by atoms with Gasteiger partial charge in [0.05, 0.1) is 5.52 Å². The molecular weight excluding hydrogens is 206 g/mol. The number of aryl methyl sites for hydroxylation is 2. The third kappa shape index (κ3) is 1.80. The summed E-state index contributed by atoms with van der Waals surface area (Å²) in [6.45, 7) is 2.10. The van der Waals surface area contributed by atoms with Crippen LogP contribution >= 0.6 is 12.2 Å². The summed E-state index contributed by atoms with van der Waals surface area (Å²) in [5, 5.41) is 4.48. The molecule has 3 nitrogen and oxygen atoms in total. The van der Waals surface area contributed by atoms with Gasteiger partial charge in [0.25, 0.3) is 0 Å². The van der Waals surface area contributed by atoms with Gasteiger partial charge in [0.1, 0.15) is 0 Å². The number of hydrogen-bond acceptors (Lipinski definition) is 1. The Kier molecular flexibility index (Phi) is 2.36. The van der Waals surface area contributed by atoms with E-state index in [1.54, 1.807) is 0 Å². The van der Waals surface area contributed by atoms with Gasteiger partial charge in [-0.2, -0.15) is 0 Å². The zero-order valence-electron chi connectivity index (χ0n) is 8.74. The highest BCUT2D eigenvalue weighted by Crippen LogP contribution is 2.23. The third-order valence-electron chi connectivity index (χ3n) is 2.46. The molecule has 78 valence electrons. The predicted molar refractivity (Wildman–Crippen MR) is 68.1 cm³/mol. The molecule has 1 heterocycles. The first-order chi connectivity index (χ1) is 7.08. The number of thiocarbonyl (C=S) groups is 1. The molecule has 0 radical (unpaired) electrons. The Bertz CT molecular complexity index is 528. The minimum atomic E-state index is 0.292. The van der Waals surface area contributed by atoms with Gasteiger partial charge in [0.15, 0.2) is 5.11 Å². The number of fused-ring (bicyclic) bond motifs is 1. The van der Waals surface area contributed by atoms with Crippen LogP contribution in [0.2, 0.25) is 0 Å². The largest absolute Gasteiger partial charge is 0.376 e. The SMILES string of the molecule is Cc1cn(C)c2cc(NC(N)=S)ccc12. The molecule has 0 aliphatic rings. The molecule has 0 saturated heterocycles. The summed E-state index contributed by atoms with van der Waals surface area (Å²) in [7, 11) is 2.03. The molecule has 0 aliphatic carbocycles. The topological polar surface area (TPSA) is 43.0 Å². The van der Waals surface area contributed by atoms with Crippen molar-refractivity contribution in [3.05, 3.63) is 30.0 Å². The lowest BCUT2D eigenvalue weighted by Gasteiger charge is -2.04. The number of nitrogens with one attached hydrogen (secondary N) is 1. The average Bonchev–Trinajstić information content (AvgIpc) is 2.41. The smallest absolute Gasteiger partial charge is 0.168 e. The van der Waals surface area contributed by atoms with Crippen molar-refractivity contribution < 1.29 is 0 Å². The van der Waals surface area contributed by atoms with E-state index in [4.69, 9.17) is 18.0 Å². The summed E-state index contributed by atoms with van der Waals surface area (Å²) < 4.78 is 2.09. The summed E-state index contributed by atoms with van der Waals surface area (Å²) in [5.41, 5.74) is 8.80. The fourth-order valence-corrected chi connectivity index (χ4v) is 1.92. The number of benzene rings is 1. The van der Waals surface area contributed by atoms with Crippen LogP contribution in [0.4, 0.5) is 5.69 Å². The van der Waals surface area contributed by atoms with E-state index in [0.717, 1.165) is 5.69 Å². The summed E-state index contributed by atoms with van der Waals surface area (Å²) in [4.78, 5) is 0. The van der Waals surface area contributed by atoms with Crippen molar-refractivity contribution in [2.45, 2.75) is 6.92 Å². The highest BCUT2D eigenvalue weighted by molar-refractivity contribution is 7.80.